The quantitative estimate of drug-likeness (QED) is 0.726. The zero-order valence-corrected chi connectivity index (χ0v) is 17.9. The molecule has 2 atom stereocenters. The van der Waals surface area contributed by atoms with Crippen molar-refractivity contribution < 1.29 is 9.53 Å². The molecule has 0 bridgehead atoms. The molecule has 0 aromatic heterocycles. The maximum absolute atomic E-state index is 11.8. The molecule has 2 rings (SSSR count). The van der Waals surface area contributed by atoms with Crippen LogP contribution in [-0.4, -0.2) is 25.6 Å². The van der Waals surface area contributed by atoms with Gasteiger partial charge in [0.1, 0.15) is 5.60 Å². The highest BCUT2D eigenvalue weighted by Gasteiger charge is 2.45. The molecule has 4 heteroatoms. The fourth-order valence-electron chi connectivity index (χ4n) is 2.99. The minimum atomic E-state index is -2.00. The summed E-state index contributed by atoms with van der Waals surface area (Å²) in [5.74, 6) is 0. The van der Waals surface area contributed by atoms with Crippen molar-refractivity contribution in [1.82, 2.24) is 0 Å². The maximum atomic E-state index is 11.8. The molecule has 2 aromatic carbocycles. The molecule has 3 N–H and O–H groups in total. The normalized spacial score (nSPS) is 15.5. The molecule has 0 spiro atoms. The van der Waals surface area contributed by atoms with Crippen LogP contribution in [0.4, 0.5) is 0 Å². The van der Waals surface area contributed by atoms with Crippen LogP contribution in [0.3, 0.4) is 0 Å². The van der Waals surface area contributed by atoms with Crippen molar-refractivity contribution in [3.05, 3.63) is 71.8 Å². The largest absolute Gasteiger partial charge is 0.413 e. The van der Waals surface area contributed by atoms with Crippen molar-refractivity contribution in [3.8, 4) is 0 Å². The first-order chi connectivity index (χ1) is 12.0. The van der Waals surface area contributed by atoms with Gasteiger partial charge in [0.25, 0.3) is 0 Å². The van der Waals surface area contributed by atoms with Gasteiger partial charge in [-0.3, -0.25) is 0 Å². The molecule has 142 valence electrons. The van der Waals surface area contributed by atoms with Crippen molar-refractivity contribution in [3.63, 3.8) is 0 Å². The Balaban J connectivity index is 2.43. The Kier molecular flexibility index (Phi) is 6.13. The van der Waals surface area contributed by atoms with Crippen LogP contribution < -0.4 is 5.73 Å². The van der Waals surface area contributed by atoms with Crippen LogP contribution in [0.25, 0.3) is 0 Å². The summed E-state index contributed by atoms with van der Waals surface area (Å²) in [5.41, 5.74) is 6.91. The minimum absolute atomic E-state index is 0.0819. The second kappa shape index (κ2) is 7.65. The number of aliphatic hydroxyl groups is 1. The fourth-order valence-corrected chi connectivity index (χ4v) is 4.42. The molecule has 0 fully saturated rings. The van der Waals surface area contributed by atoms with Crippen molar-refractivity contribution in [2.75, 3.05) is 0 Å². The number of nitrogens with two attached hydrogens (primary N) is 1. The summed E-state index contributed by atoms with van der Waals surface area (Å²) in [6.45, 7) is 13.0. The Morgan fingerprint density at radius 1 is 0.885 bits per heavy atom. The number of hydrogen-bond donors (Lipinski definition) is 2. The van der Waals surface area contributed by atoms with Gasteiger partial charge in [0.15, 0.2) is 8.32 Å². The Labute approximate surface area is 159 Å². The van der Waals surface area contributed by atoms with E-state index in [-0.39, 0.29) is 11.1 Å². The predicted octanol–water partition coefficient (Wildman–Crippen LogP) is 4.66. The first kappa shape index (κ1) is 20.8. The second-order valence-corrected chi connectivity index (χ2v) is 13.4. The van der Waals surface area contributed by atoms with E-state index in [2.05, 4.69) is 33.9 Å². The van der Waals surface area contributed by atoms with E-state index >= 15 is 0 Å². The van der Waals surface area contributed by atoms with Gasteiger partial charge in [0.2, 0.25) is 0 Å². The van der Waals surface area contributed by atoms with Crippen LogP contribution in [0.2, 0.25) is 18.1 Å². The topological polar surface area (TPSA) is 55.5 Å². The number of hydrogen-bond acceptors (Lipinski definition) is 3. The third-order valence-corrected chi connectivity index (χ3v) is 10.3. The monoisotopic (exact) mass is 371 g/mol. The highest BCUT2D eigenvalue weighted by Crippen LogP contribution is 2.40. The van der Waals surface area contributed by atoms with E-state index in [1.807, 2.05) is 67.6 Å². The van der Waals surface area contributed by atoms with Crippen LogP contribution in [0.1, 0.15) is 38.8 Å². The van der Waals surface area contributed by atoms with Gasteiger partial charge in [0.05, 0.1) is 12.1 Å². The van der Waals surface area contributed by atoms with Crippen LogP contribution in [0.5, 0.6) is 0 Å². The predicted molar refractivity (Wildman–Crippen MR) is 112 cm³/mol. The number of rotatable bonds is 6. The van der Waals surface area contributed by atoms with E-state index in [0.717, 1.165) is 11.1 Å². The molecular formula is C22H33NO2Si. The Morgan fingerprint density at radius 3 is 1.62 bits per heavy atom. The van der Waals surface area contributed by atoms with Gasteiger partial charge >= 0.3 is 0 Å². The van der Waals surface area contributed by atoms with Crippen molar-refractivity contribution in [1.29, 1.82) is 0 Å². The molecule has 0 heterocycles. The molecule has 0 radical (unpaired) electrons. The Hall–Kier alpha value is -1.46. The molecule has 0 unspecified atom stereocenters. The third-order valence-electron chi connectivity index (χ3n) is 5.70. The summed E-state index contributed by atoms with van der Waals surface area (Å²) in [6.07, 6.45) is -0.290. The zero-order valence-electron chi connectivity index (χ0n) is 16.9. The van der Waals surface area contributed by atoms with Gasteiger partial charge < -0.3 is 15.3 Å². The first-order valence-electron chi connectivity index (χ1n) is 9.27. The lowest BCUT2D eigenvalue weighted by atomic mass is 9.78. The molecule has 0 saturated heterocycles. The second-order valence-electron chi connectivity index (χ2n) is 8.61. The summed E-state index contributed by atoms with van der Waals surface area (Å²) in [4.78, 5) is 0. The van der Waals surface area contributed by atoms with Crippen LogP contribution >= 0.6 is 0 Å². The van der Waals surface area contributed by atoms with Crippen LogP contribution in [0.15, 0.2) is 60.7 Å². The molecule has 3 nitrogen and oxygen atoms in total. The smallest absolute Gasteiger partial charge is 0.192 e. The molecule has 0 saturated carbocycles. The average molecular weight is 372 g/mol. The summed E-state index contributed by atoms with van der Waals surface area (Å²) in [6, 6.07) is 18.7. The number of benzene rings is 2. The standard InChI is InChI=1S/C22H33NO2Si/c1-17(25-26(5,6)21(2,3)4)20(23)22(24,18-13-9-7-10-14-18)19-15-11-8-12-16-19/h7-17,20,24H,23H2,1-6H3/t17-,20+/m1/s1. The summed E-state index contributed by atoms with van der Waals surface area (Å²) < 4.78 is 6.51. The maximum Gasteiger partial charge on any atom is 0.192 e. The van der Waals surface area contributed by atoms with E-state index < -0.39 is 20.0 Å². The van der Waals surface area contributed by atoms with E-state index in [0.29, 0.717) is 0 Å². The molecule has 2 aromatic rings. The molecular weight excluding hydrogens is 338 g/mol. The first-order valence-corrected chi connectivity index (χ1v) is 12.2. The van der Waals surface area contributed by atoms with Gasteiger partial charge in [0, 0.05) is 0 Å². The van der Waals surface area contributed by atoms with Gasteiger partial charge in [-0.05, 0) is 36.2 Å². The van der Waals surface area contributed by atoms with Crippen molar-refractivity contribution >= 4 is 8.32 Å². The molecule has 0 amide bonds. The van der Waals surface area contributed by atoms with Gasteiger partial charge in [-0.2, -0.15) is 0 Å². The summed E-state index contributed by atoms with van der Waals surface area (Å²) >= 11 is 0. The van der Waals surface area contributed by atoms with Crippen molar-refractivity contribution in [2.45, 2.75) is 63.6 Å². The highest BCUT2D eigenvalue weighted by atomic mass is 28.4. The van der Waals surface area contributed by atoms with E-state index in [1.165, 1.54) is 0 Å². The van der Waals surface area contributed by atoms with E-state index in [4.69, 9.17) is 10.2 Å². The third kappa shape index (κ3) is 4.09. The Bertz CT molecular complexity index is 656. The summed E-state index contributed by atoms with van der Waals surface area (Å²) in [7, 11) is -2.00. The highest BCUT2D eigenvalue weighted by molar-refractivity contribution is 6.74. The molecule has 26 heavy (non-hydrogen) atoms. The average Bonchev–Trinajstić information content (AvgIpc) is 2.60. The summed E-state index contributed by atoms with van der Waals surface area (Å²) in [5, 5.41) is 11.9. The minimum Gasteiger partial charge on any atom is -0.413 e. The molecule has 0 aliphatic carbocycles. The zero-order chi connectivity index (χ0) is 19.6. The van der Waals surface area contributed by atoms with E-state index in [9.17, 15) is 5.11 Å². The SMILES string of the molecule is C[C@@H](O[Si](C)(C)C(C)(C)C)[C@H](N)C(O)(c1ccccc1)c1ccccc1. The lowest BCUT2D eigenvalue weighted by molar-refractivity contribution is 0.00428. The van der Waals surface area contributed by atoms with Crippen LogP contribution in [-0.2, 0) is 10.0 Å². The van der Waals surface area contributed by atoms with Crippen LogP contribution in [0, 0.1) is 0 Å². The van der Waals surface area contributed by atoms with Gasteiger partial charge in [-0.25, -0.2) is 0 Å². The lowest BCUT2D eigenvalue weighted by Gasteiger charge is -2.44. The van der Waals surface area contributed by atoms with Crippen molar-refractivity contribution in [2.24, 2.45) is 5.73 Å². The Morgan fingerprint density at radius 2 is 1.27 bits per heavy atom. The van der Waals surface area contributed by atoms with Gasteiger partial charge in [-0.1, -0.05) is 81.4 Å². The fraction of sp³-hybridized carbons (Fsp3) is 0.455. The molecule has 0 aliphatic rings. The molecule has 0 aliphatic heterocycles. The van der Waals surface area contributed by atoms with E-state index in [1.54, 1.807) is 0 Å². The lowest BCUT2D eigenvalue weighted by Crippen LogP contribution is -2.56. The van der Waals surface area contributed by atoms with Gasteiger partial charge in [-0.15, -0.1) is 0 Å².